The first kappa shape index (κ1) is 12.4. The first-order valence-electron chi connectivity index (χ1n) is 7.27. The molecule has 0 N–H and O–H groups in total. The van der Waals surface area contributed by atoms with Crippen LogP contribution in [0.3, 0.4) is 0 Å². The van der Waals surface area contributed by atoms with Gasteiger partial charge in [0.2, 0.25) is 0 Å². The molecule has 1 unspecified atom stereocenters. The summed E-state index contributed by atoms with van der Waals surface area (Å²) in [4.78, 5) is 2.77. The molecule has 2 heterocycles. The molecule has 1 aromatic heterocycles. The van der Waals surface area contributed by atoms with E-state index in [2.05, 4.69) is 40.8 Å². The summed E-state index contributed by atoms with van der Waals surface area (Å²) in [5.41, 5.74) is 1.91. The Kier molecular flexibility index (Phi) is 3.58. The van der Waals surface area contributed by atoms with Crippen molar-refractivity contribution in [2.75, 3.05) is 6.54 Å². The van der Waals surface area contributed by atoms with Crippen LogP contribution in [0.1, 0.15) is 51.0 Å². The van der Waals surface area contributed by atoms with E-state index in [0.29, 0.717) is 11.6 Å². The van der Waals surface area contributed by atoms with Gasteiger partial charge < -0.3 is 0 Å². The third-order valence-corrected chi connectivity index (χ3v) is 5.45. The lowest BCUT2D eigenvalue weighted by Crippen LogP contribution is -2.52. The lowest BCUT2D eigenvalue weighted by Gasteiger charge is -2.50. The molecule has 1 atom stereocenters. The van der Waals surface area contributed by atoms with Crippen molar-refractivity contribution in [1.29, 1.82) is 0 Å². The van der Waals surface area contributed by atoms with Gasteiger partial charge in [-0.15, -0.1) is 0 Å². The van der Waals surface area contributed by atoms with E-state index >= 15 is 0 Å². The predicted molar refractivity (Wildman–Crippen MR) is 79.0 cm³/mol. The van der Waals surface area contributed by atoms with Gasteiger partial charge in [-0.25, -0.2) is 0 Å². The summed E-state index contributed by atoms with van der Waals surface area (Å²) < 4.78 is 0. The van der Waals surface area contributed by atoms with Gasteiger partial charge in [-0.05, 0) is 48.6 Å². The molecule has 0 aromatic carbocycles. The van der Waals surface area contributed by atoms with Gasteiger partial charge in [-0.3, -0.25) is 4.90 Å². The second-order valence-corrected chi connectivity index (χ2v) is 6.59. The van der Waals surface area contributed by atoms with Gasteiger partial charge in [-0.1, -0.05) is 31.4 Å². The maximum Gasteiger partial charge on any atom is 0.0475 e. The second-order valence-electron chi connectivity index (χ2n) is 5.81. The number of hydrogen-bond donors (Lipinski definition) is 0. The summed E-state index contributed by atoms with van der Waals surface area (Å²) >= 11 is 1.85. The van der Waals surface area contributed by atoms with Gasteiger partial charge in [0.05, 0.1) is 0 Å². The van der Waals surface area contributed by atoms with Crippen molar-refractivity contribution < 1.29 is 0 Å². The van der Waals surface area contributed by atoms with Crippen molar-refractivity contribution in [2.24, 2.45) is 0 Å². The zero-order valence-corrected chi connectivity index (χ0v) is 12.1. The summed E-state index contributed by atoms with van der Waals surface area (Å²) in [6, 6.07) is 3.05. The molecule has 0 radical (unpaired) electrons. The molecule has 0 bridgehead atoms. The highest BCUT2D eigenvalue weighted by Crippen LogP contribution is 2.45. The molecular formula is C16H23NS. The van der Waals surface area contributed by atoms with Gasteiger partial charge in [0, 0.05) is 18.1 Å². The molecule has 1 saturated carbocycles. The molecule has 1 aromatic rings. The maximum atomic E-state index is 2.77. The lowest BCUT2D eigenvalue weighted by molar-refractivity contribution is 0.0217. The Morgan fingerprint density at radius 2 is 2.06 bits per heavy atom. The smallest absolute Gasteiger partial charge is 0.0475 e. The summed E-state index contributed by atoms with van der Waals surface area (Å²) in [7, 11) is 0. The molecule has 0 spiro atoms. The van der Waals surface area contributed by atoms with Crippen molar-refractivity contribution >= 4 is 11.3 Å². The van der Waals surface area contributed by atoms with E-state index in [1.165, 1.54) is 38.5 Å². The molecular weight excluding hydrogens is 238 g/mol. The Morgan fingerprint density at radius 1 is 1.22 bits per heavy atom. The molecule has 2 aliphatic rings. The van der Waals surface area contributed by atoms with Crippen LogP contribution in [0.25, 0.3) is 0 Å². The fraction of sp³-hybridized carbons (Fsp3) is 0.625. The van der Waals surface area contributed by atoms with Gasteiger partial charge in [0.25, 0.3) is 0 Å². The standard InChI is InChI=1S/C16H23NS/c1-14-7-3-6-11-17(14)16(9-4-2-5-10-16)15-8-12-18-13-15/h3,6,8,12-14H,2,4-5,7,9-11H2,1H3. The second kappa shape index (κ2) is 5.18. The Hall–Kier alpha value is -0.600. The van der Waals surface area contributed by atoms with Crippen molar-refractivity contribution in [2.45, 2.75) is 57.0 Å². The van der Waals surface area contributed by atoms with E-state index in [4.69, 9.17) is 0 Å². The van der Waals surface area contributed by atoms with Crippen molar-refractivity contribution in [3.8, 4) is 0 Å². The lowest BCUT2D eigenvalue weighted by atomic mass is 9.75. The molecule has 3 rings (SSSR count). The molecule has 1 aliphatic carbocycles. The highest BCUT2D eigenvalue weighted by molar-refractivity contribution is 7.08. The average Bonchev–Trinajstić information content (AvgIpc) is 2.94. The Balaban J connectivity index is 1.96. The highest BCUT2D eigenvalue weighted by Gasteiger charge is 2.41. The third-order valence-electron chi connectivity index (χ3n) is 4.77. The normalized spacial score (nSPS) is 28.4. The minimum Gasteiger partial charge on any atom is -0.287 e. The maximum absolute atomic E-state index is 2.77. The molecule has 98 valence electrons. The van der Waals surface area contributed by atoms with Gasteiger partial charge in [0.15, 0.2) is 0 Å². The van der Waals surface area contributed by atoms with E-state index in [-0.39, 0.29) is 0 Å². The van der Waals surface area contributed by atoms with Crippen LogP contribution >= 0.6 is 11.3 Å². The molecule has 2 heteroatoms. The van der Waals surface area contributed by atoms with Crippen molar-refractivity contribution in [1.82, 2.24) is 4.90 Å². The molecule has 0 amide bonds. The summed E-state index contributed by atoms with van der Waals surface area (Å²) in [6.45, 7) is 3.53. The number of nitrogens with zero attached hydrogens (tertiary/aromatic N) is 1. The van der Waals surface area contributed by atoms with Crippen LogP contribution in [0.15, 0.2) is 29.0 Å². The van der Waals surface area contributed by atoms with Crippen LogP contribution in [0.4, 0.5) is 0 Å². The summed E-state index contributed by atoms with van der Waals surface area (Å²) in [6.07, 6.45) is 12.8. The molecule has 1 aliphatic heterocycles. The van der Waals surface area contributed by atoms with Crippen molar-refractivity contribution in [3.63, 3.8) is 0 Å². The van der Waals surface area contributed by atoms with Crippen LogP contribution in [0.5, 0.6) is 0 Å². The topological polar surface area (TPSA) is 3.24 Å². The predicted octanol–water partition coefficient (Wildman–Crippen LogP) is 4.56. The third kappa shape index (κ3) is 2.06. The molecule has 0 saturated heterocycles. The monoisotopic (exact) mass is 261 g/mol. The molecule has 1 nitrogen and oxygen atoms in total. The van der Waals surface area contributed by atoms with E-state index in [1.54, 1.807) is 5.56 Å². The zero-order chi connectivity index (χ0) is 12.4. The fourth-order valence-electron chi connectivity index (χ4n) is 3.79. The number of rotatable bonds is 2. The van der Waals surface area contributed by atoms with E-state index in [1.807, 2.05) is 11.3 Å². The molecule has 1 fully saturated rings. The fourth-order valence-corrected chi connectivity index (χ4v) is 4.54. The Morgan fingerprint density at radius 3 is 2.72 bits per heavy atom. The Bertz CT molecular complexity index is 401. The van der Waals surface area contributed by atoms with Gasteiger partial charge in [0.1, 0.15) is 0 Å². The van der Waals surface area contributed by atoms with Gasteiger partial charge >= 0.3 is 0 Å². The van der Waals surface area contributed by atoms with E-state index in [0.717, 1.165) is 6.54 Å². The largest absolute Gasteiger partial charge is 0.287 e. The zero-order valence-electron chi connectivity index (χ0n) is 11.3. The van der Waals surface area contributed by atoms with E-state index in [9.17, 15) is 0 Å². The number of hydrogen-bond acceptors (Lipinski definition) is 2. The minimum absolute atomic E-state index is 0.336. The SMILES string of the molecule is CC1CC=CCN1C1(c2ccsc2)CCCCC1. The van der Waals surface area contributed by atoms with Crippen LogP contribution < -0.4 is 0 Å². The van der Waals surface area contributed by atoms with Crippen LogP contribution in [0, 0.1) is 0 Å². The summed E-state index contributed by atoms with van der Waals surface area (Å²) in [5, 5.41) is 4.63. The first-order chi connectivity index (χ1) is 8.83. The highest BCUT2D eigenvalue weighted by atomic mass is 32.1. The average molecular weight is 261 g/mol. The van der Waals surface area contributed by atoms with Crippen LogP contribution in [0.2, 0.25) is 0 Å². The molecule has 18 heavy (non-hydrogen) atoms. The summed E-state index contributed by atoms with van der Waals surface area (Å²) in [5.74, 6) is 0. The van der Waals surface area contributed by atoms with Gasteiger partial charge in [-0.2, -0.15) is 11.3 Å². The van der Waals surface area contributed by atoms with E-state index < -0.39 is 0 Å². The first-order valence-corrected chi connectivity index (χ1v) is 8.22. The van der Waals surface area contributed by atoms with Crippen molar-refractivity contribution in [3.05, 3.63) is 34.5 Å². The minimum atomic E-state index is 0.336. The number of thiophene rings is 1. The van der Waals surface area contributed by atoms with Crippen LogP contribution in [-0.4, -0.2) is 17.5 Å². The van der Waals surface area contributed by atoms with Crippen LogP contribution in [-0.2, 0) is 5.54 Å². The quantitative estimate of drug-likeness (QED) is 0.706. The Labute approximate surface area is 115 Å².